The predicted molar refractivity (Wildman–Crippen MR) is 108 cm³/mol. The molecule has 2 aromatic rings. The summed E-state index contributed by atoms with van der Waals surface area (Å²) in [5, 5.41) is 49.3. The summed E-state index contributed by atoms with van der Waals surface area (Å²) in [6.45, 7) is 0. The first-order valence-corrected chi connectivity index (χ1v) is 10.00. The van der Waals surface area contributed by atoms with Crippen molar-refractivity contribution in [3.8, 4) is 23.0 Å². The second-order valence-corrected chi connectivity index (χ2v) is 7.64. The number of aliphatic hydroxyl groups is 3. The fourth-order valence-corrected chi connectivity index (χ4v) is 3.84. The molecule has 0 aromatic heterocycles. The normalized spacial score (nSPS) is 29.0. The molecule has 0 amide bonds. The Morgan fingerprint density at radius 2 is 1.82 bits per heavy atom. The fraction of sp³-hybridized carbons (Fsp3) is 0.364. The number of fused-ring (bicyclic) bond motifs is 1. The summed E-state index contributed by atoms with van der Waals surface area (Å²) in [7, 11) is 1.33. The van der Waals surface area contributed by atoms with Gasteiger partial charge in [-0.2, -0.15) is 0 Å². The smallest absolute Gasteiger partial charge is 0.335 e. The number of methoxy groups -OCH3 is 1. The van der Waals surface area contributed by atoms with Crippen molar-refractivity contribution in [2.24, 2.45) is 0 Å². The molecule has 176 valence electrons. The monoisotopic (exact) mass is 462 g/mol. The molecule has 1 saturated heterocycles. The highest BCUT2D eigenvalue weighted by Gasteiger charge is 2.48. The number of benzene rings is 2. The van der Waals surface area contributed by atoms with E-state index >= 15 is 0 Å². The van der Waals surface area contributed by atoms with Crippen LogP contribution in [0.4, 0.5) is 0 Å². The quantitative estimate of drug-likeness (QED) is 0.416. The second-order valence-electron chi connectivity index (χ2n) is 7.64. The van der Waals surface area contributed by atoms with E-state index in [9.17, 15) is 35.1 Å². The van der Waals surface area contributed by atoms with Gasteiger partial charge in [0.25, 0.3) is 0 Å². The molecule has 0 saturated carbocycles. The number of ketones is 1. The van der Waals surface area contributed by atoms with Crippen LogP contribution in [0.5, 0.6) is 23.0 Å². The summed E-state index contributed by atoms with van der Waals surface area (Å²) < 4.78 is 21.9. The summed E-state index contributed by atoms with van der Waals surface area (Å²) in [6.07, 6.45) is -9.79. The summed E-state index contributed by atoms with van der Waals surface area (Å²) in [5.74, 6) is -1.73. The topological polar surface area (TPSA) is 172 Å². The van der Waals surface area contributed by atoms with Crippen molar-refractivity contribution in [3.63, 3.8) is 0 Å². The van der Waals surface area contributed by atoms with Crippen LogP contribution >= 0.6 is 0 Å². The first kappa shape index (κ1) is 22.8. The van der Waals surface area contributed by atoms with Crippen molar-refractivity contribution in [3.05, 3.63) is 47.5 Å². The van der Waals surface area contributed by atoms with Gasteiger partial charge in [0.1, 0.15) is 53.0 Å². The molecule has 0 aliphatic carbocycles. The Morgan fingerprint density at radius 1 is 1.09 bits per heavy atom. The number of carbonyl (C=O) groups is 2. The highest BCUT2D eigenvalue weighted by molar-refractivity contribution is 6.03. The zero-order valence-corrected chi connectivity index (χ0v) is 17.3. The predicted octanol–water partition coefficient (Wildman–Crippen LogP) is 0.378. The molecule has 6 unspecified atom stereocenters. The second kappa shape index (κ2) is 8.87. The summed E-state index contributed by atoms with van der Waals surface area (Å²) >= 11 is 0. The van der Waals surface area contributed by atoms with Crippen LogP contribution in [0.15, 0.2) is 36.4 Å². The van der Waals surface area contributed by atoms with Gasteiger partial charge in [0.05, 0.1) is 13.5 Å². The van der Waals surface area contributed by atoms with Gasteiger partial charge in [0.2, 0.25) is 6.29 Å². The molecule has 6 atom stereocenters. The highest BCUT2D eigenvalue weighted by atomic mass is 16.7. The molecule has 2 aliphatic rings. The van der Waals surface area contributed by atoms with E-state index in [1.807, 2.05) is 0 Å². The van der Waals surface area contributed by atoms with Crippen molar-refractivity contribution >= 4 is 11.8 Å². The van der Waals surface area contributed by atoms with E-state index < -0.39 is 42.8 Å². The molecule has 11 heteroatoms. The number of aliphatic hydroxyl groups excluding tert-OH is 3. The van der Waals surface area contributed by atoms with Crippen molar-refractivity contribution in [2.75, 3.05) is 7.11 Å². The maximum atomic E-state index is 12.8. The SMILES string of the molecule is COc1cc(OC2OC(C(=O)O)C(O)C(O)C2O)cc2c1C(=O)CC(c1ccccc1O)O2. The molecule has 1 fully saturated rings. The van der Waals surface area contributed by atoms with Gasteiger partial charge in [-0.3, -0.25) is 4.79 Å². The highest BCUT2D eigenvalue weighted by Crippen LogP contribution is 2.44. The number of hydrogen-bond donors (Lipinski definition) is 5. The lowest BCUT2D eigenvalue weighted by atomic mass is 9.95. The van der Waals surface area contributed by atoms with Crippen LogP contribution in [0.2, 0.25) is 0 Å². The molecule has 33 heavy (non-hydrogen) atoms. The number of carbonyl (C=O) groups excluding carboxylic acids is 1. The van der Waals surface area contributed by atoms with Gasteiger partial charge in [0.15, 0.2) is 11.9 Å². The number of phenolic OH excluding ortho intramolecular Hbond substituents is 1. The van der Waals surface area contributed by atoms with E-state index in [0.29, 0.717) is 5.56 Å². The minimum atomic E-state index is -1.87. The average molecular weight is 462 g/mol. The van der Waals surface area contributed by atoms with Crippen molar-refractivity contribution in [2.45, 2.75) is 43.2 Å². The zero-order chi connectivity index (χ0) is 23.9. The summed E-state index contributed by atoms with van der Waals surface area (Å²) in [6, 6.07) is 9.07. The van der Waals surface area contributed by atoms with E-state index in [1.54, 1.807) is 18.2 Å². The number of ether oxygens (including phenoxy) is 4. The van der Waals surface area contributed by atoms with Crippen LogP contribution in [0, 0.1) is 0 Å². The third kappa shape index (κ3) is 4.18. The van der Waals surface area contributed by atoms with Crippen LogP contribution < -0.4 is 14.2 Å². The van der Waals surface area contributed by atoms with Crippen molar-refractivity contribution in [1.82, 2.24) is 0 Å². The van der Waals surface area contributed by atoms with E-state index in [1.165, 1.54) is 25.3 Å². The van der Waals surface area contributed by atoms with Gasteiger partial charge >= 0.3 is 5.97 Å². The fourth-order valence-electron chi connectivity index (χ4n) is 3.84. The Bertz CT molecular complexity index is 1070. The number of para-hydroxylation sites is 1. The molecule has 2 aromatic carbocycles. The minimum absolute atomic E-state index is 0.0203. The molecular weight excluding hydrogens is 440 g/mol. The Labute approximate surface area is 187 Å². The maximum absolute atomic E-state index is 12.8. The Balaban J connectivity index is 1.65. The van der Waals surface area contributed by atoms with Gasteiger partial charge in [0, 0.05) is 17.7 Å². The van der Waals surface area contributed by atoms with Crippen LogP contribution in [0.25, 0.3) is 0 Å². The zero-order valence-electron chi connectivity index (χ0n) is 17.3. The van der Waals surface area contributed by atoms with Crippen molar-refractivity contribution < 1.29 is 54.1 Å². The van der Waals surface area contributed by atoms with E-state index in [2.05, 4.69) is 0 Å². The molecule has 0 radical (unpaired) electrons. The molecule has 0 bridgehead atoms. The standard InChI is InChI=1S/C22H22O11/c1-30-14-6-9(31-22-19(27)17(25)18(26)20(33-22)21(28)29)7-15-16(14)12(24)8-13(32-15)10-4-2-3-5-11(10)23/h2-7,13,17-20,22-23,25-27H,8H2,1H3,(H,28,29). The number of carboxylic acids is 1. The van der Waals surface area contributed by atoms with Crippen LogP contribution in [0.1, 0.15) is 28.4 Å². The number of hydrogen-bond acceptors (Lipinski definition) is 10. The Morgan fingerprint density at radius 3 is 2.48 bits per heavy atom. The van der Waals surface area contributed by atoms with Gasteiger partial charge in [-0.05, 0) is 6.07 Å². The lowest BCUT2D eigenvalue weighted by Gasteiger charge is -2.38. The van der Waals surface area contributed by atoms with Crippen molar-refractivity contribution in [1.29, 1.82) is 0 Å². The van der Waals surface area contributed by atoms with Gasteiger partial charge < -0.3 is 44.5 Å². The summed E-state index contributed by atoms with van der Waals surface area (Å²) in [5.41, 5.74) is 0.565. The molecular formula is C22H22O11. The van der Waals surface area contributed by atoms with Gasteiger partial charge in [-0.15, -0.1) is 0 Å². The molecule has 2 heterocycles. The largest absolute Gasteiger partial charge is 0.508 e. The maximum Gasteiger partial charge on any atom is 0.335 e. The van der Waals surface area contributed by atoms with E-state index in [4.69, 9.17) is 18.9 Å². The van der Waals surface area contributed by atoms with E-state index in [-0.39, 0.29) is 40.8 Å². The first-order chi connectivity index (χ1) is 15.7. The minimum Gasteiger partial charge on any atom is -0.508 e. The molecule has 5 N–H and O–H groups in total. The number of phenols is 1. The average Bonchev–Trinajstić information content (AvgIpc) is 2.78. The molecule has 0 spiro atoms. The third-order valence-electron chi connectivity index (χ3n) is 5.53. The third-order valence-corrected chi connectivity index (χ3v) is 5.53. The van der Waals surface area contributed by atoms with Crippen LogP contribution in [-0.4, -0.2) is 75.1 Å². The number of aromatic hydroxyl groups is 1. The molecule has 11 nitrogen and oxygen atoms in total. The molecule has 4 rings (SSSR count). The lowest BCUT2D eigenvalue weighted by Crippen LogP contribution is -2.61. The van der Waals surface area contributed by atoms with Crippen LogP contribution in [0.3, 0.4) is 0 Å². The van der Waals surface area contributed by atoms with Gasteiger partial charge in [-0.1, -0.05) is 18.2 Å². The number of aliphatic carboxylic acids is 1. The number of Topliss-reactive ketones (excluding diaryl/α,β-unsaturated/α-hetero) is 1. The Hall–Kier alpha value is -3.38. The number of carboxylic acid groups (broad SMARTS) is 1. The lowest BCUT2D eigenvalue weighted by molar-refractivity contribution is -0.271. The van der Waals surface area contributed by atoms with Crippen LogP contribution in [-0.2, 0) is 9.53 Å². The van der Waals surface area contributed by atoms with Gasteiger partial charge in [-0.25, -0.2) is 4.79 Å². The first-order valence-electron chi connectivity index (χ1n) is 10.00. The number of rotatable bonds is 5. The molecule has 2 aliphatic heterocycles. The van der Waals surface area contributed by atoms with E-state index in [0.717, 1.165) is 0 Å². The summed E-state index contributed by atoms with van der Waals surface area (Å²) in [4.78, 5) is 24.1. The Kier molecular flexibility index (Phi) is 6.13.